The molecule has 29 heteroatoms. The van der Waals surface area contributed by atoms with Gasteiger partial charge in [-0.25, -0.2) is 0 Å². The Bertz CT molecular complexity index is 3140. The van der Waals surface area contributed by atoms with Crippen LogP contribution in [0, 0.1) is 23.7 Å². The molecule has 0 bridgehead atoms. The third-order valence-electron chi connectivity index (χ3n) is 18.6. The first kappa shape index (κ1) is 84.5. The lowest BCUT2D eigenvalue weighted by Gasteiger charge is -2.37. The number of ether oxygens (including phenoxy) is 1. The number of carbonyl (C=O) groups excluding carboxylic acids is 12. The lowest BCUT2D eigenvalue weighted by molar-refractivity contribution is -0.150. The highest BCUT2D eigenvalue weighted by Crippen LogP contribution is 2.30. The van der Waals surface area contributed by atoms with Crippen molar-refractivity contribution in [3.63, 3.8) is 0 Å². The van der Waals surface area contributed by atoms with Crippen molar-refractivity contribution in [1.82, 2.24) is 60.5 Å². The van der Waals surface area contributed by atoms with Crippen LogP contribution in [0.5, 0.6) is 0 Å². The number of halogens is 4. The van der Waals surface area contributed by atoms with Crippen molar-refractivity contribution in [2.24, 2.45) is 23.7 Å². The Kier molecular flexibility index (Phi) is 33.3. The molecule has 4 rings (SSSR count). The first-order chi connectivity index (χ1) is 46.8. The molecule has 2 aliphatic heterocycles. The van der Waals surface area contributed by atoms with Crippen LogP contribution in [-0.2, 0) is 81.3 Å². The maximum absolute atomic E-state index is 15.4. The topological polar surface area (TPSA) is 288 Å². The van der Waals surface area contributed by atoms with Gasteiger partial charge in [0, 0.05) is 93.5 Å². The van der Waals surface area contributed by atoms with Gasteiger partial charge in [0.15, 0.2) is 0 Å². The van der Waals surface area contributed by atoms with Crippen molar-refractivity contribution in [1.29, 1.82) is 0 Å². The van der Waals surface area contributed by atoms with Gasteiger partial charge in [-0.05, 0) is 111 Å². The highest BCUT2D eigenvalue weighted by atomic mass is 35.5. The summed E-state index contributed by atoms with van der Waals surface area (Å²) in [5.74, 6) is -9.83. The number of aryl methyl sites for hydroxylation is 1. The van der Waals surface area contributed by atoms with E-state index in [2.05, 4.69) is 21.3 Å². The molecular weight excluding hydrogens is 1320 g/mol. The summed E-state index contributed by atoms with van der Waals surface area (Å²) in [6.45, 7) is 15.2. The number of carbonyl (C=O) groups is 12. The number of nitrogens with one attached hydrogen (secondary N) is 4. The Morgan fingerprint density at radius 3 is 1.70 bits per heavy atom. The van der Waals surface area contributed by atoms with Gasteiger partial charge in [-0.2, -0.15) is 13.2 Å². The molecule has 0 saturated carbocycles. The van der Waals surface area contributed by atoms with E-state index < -0.39 is 163 Å². The lowest BCUT2D eigenvalue weighted by atomic mass is 9.97. The largest absolute Gasteiger partial charge is 0.416 e. The Morgan fingerprint density at radius 2 is 1.13 bits per heavy atom. The monoisotopic (exact) mass is 1430 g/mol. The summed E-state index contributed by atoms with van der Waals surface area (Å²) in [6.07, 6.45) is -3.44. The summed E-state index contributed by atoms with van der Waals surface area (Å²) in [6, 6.07) is -0.270. The first-order valence-corrected chi connectivity index (χ1v) is 34.9. The van der Waals surface area contributed by atoms with Crippen molar-refractivity contribution in [3.05, 3.63) is 70.2 Å². The number of alkyl halides is 3. The molecule has 2 saturated heterocycles. The molecule has 4 N–H and O–H groups in total. The van der Waals surface area contributed by atoms with E-state index in [1.807, 2.05) is 27.7 Å². The van der Waals surface area contributed by atoms with E-state index in [9.17, 15) is 56.3 Å². The summed E-state index contributed by atoms with van der Waals surface area (Å²) in [5.41, 5.74) is -0.0198. The number of rotatable bonds is 18. The van der Waals surface area contributed by atoms with Gasteiger partial charge in [0.1, 0.15) is 48.3 Å². The SMILES string of the molecule is CC[C@H](C)[C@@H]1NC(=O)[C@H](C)N(C)C(=O)C[C@@H](C(=O)N2CCCC2)NC(=O)[C@H](CC(C)C)N(C)C(=O)[C@H](CCOCCC(C)C)N(C)C(=O)[C@H](CC(C)C)NC(=O)[C@H](CCc2ccc(C(F)(F)F)cc2)NC(=O)CN(C)C(=O)[C@H](Cc2ccc(Cl)cc2)N(C)C(=O)CN(C)C(=O)CN(C)C1=O. The zero-order valence-electron chi connectivity index (χ0n) is 61.2. The molecule has 0 unspecified atom stereocenters. The number of nitrogens with zero attached hydrogens (tertiary/aromatic N) is 8. The molecule has 100 heavy (non-hydrogen) atoms. The van der Waals surface area contributed by atoms with Crippen LogP contribution in [0.4, 0.5) is 13.2 Å². The third kappa shape index (κ3) is 25.3. The summed E-state index contributed by atoms with van der Waals surface area (Å²) >= 11 is 6.22. The molecule has 0 aliphatic carbocycles. The van der Waals surface area contributed by atoms with Gasteiger partial charge >= 0.3 is 6.18 Å². The van der Waals surface area contributed by atoms with E-state index >= 15 is 14.4 Å². The van der Waals surface area contributed by atoms with Crippen LogP contribution < -0.4 is 21.3 Å². The molecule has 2 aromatic rings. The molecule has 0 radical (unpaired) electrons. The average molecular weight is 1430 g/mol. The van der Waals surface area contributed by atoms with Crippen LogP contribution in [-0.4, -0.2) is 254 Å². The van der Waals surface area contributed by atoms with E-state index in [4.69, 9.17) is 16.3 Å². The van der Waals surface area contributed by atoms with Crippen LogP contribution in [0.1, 0.15) is 137 Å². The lowest BCUT2D eigenvalue weighted by Crippen LogP contribution is -2.60. The number of likely N-dealkylation sites (tertiary alicyclic amines) is 1. The van der Waals surface area contributed by atoms with Crippen molar-refractivity contribution in [3.8, 4) is 0 Å². The summed E-state index contributed by atoms with van der Waals surface area (Å²) in [5, 5.41) is 11.4. The molecule has 0 aromatic heterocycles. The second-order valence-corrected chi connectivity index (χ2v) is 28.5. The maximum Gasteiger partial charge on any atom is 0.416 e. The number of likely N-dealkylation sites (N-methyl/N-ethyl adjacent to an activating group) is 7. The van der Waals surface area contributed by atoms with Gasteiger partial charge in [0.05, 0.1) is 31.6 Å². The molecule has 12 amide bonds. The molecule has 0 spiro atoms. The quantitative estimate of drug-likeness (QED) is 0.146. The minimum Gasteiger partial charge on any atom is -0.381 e. The highest BCUT2D eigenvalue weighted by Gasteiger charge is 2.42. The Balaban J connectivity index is 1.91. The van der Waals surface area contributed by atoms with Gasteiger partial charge < -0.3 is 65.2 Å². The standard InChI is InChI=1S/C71H108ClF3N12O13/c1-17-46(8)62-70(99)82(12)41-60(90)80(10)42-61(91)84(14)57(38-49-22-27-51(72)28-23-49)68(97)81(11)40-58(88)76-52(29-24-48-20-25-50(26-21-48)71(73,74)75)64(93)77-53(36-44(4)5)66(95)85(15)55(31-35-100-34-30-43(2)3)69(98)86(16)56(37-45(6)7)65(94)78-54(67(96)87-32-18-19-33-87)39-59(89)83(13)47(9)63(92)79-62/h20-23,25-28,43-47,52-57,62H,17-19,24,29-42H2,1-16H3,(H,76,88)(H,77,93)(H,78,94)(H,79,92)/t46-,47-,52-,53-,54-,55-,56-,57-,62-/m0/s1. The fraction of sp³-hybridized carbons (Fsp3) is 0.662. The van der Waals surface area contributed by atoms with Gasteiger partial charge in [-0.15, -0.1) is 0 Å². The predicted molar refractivity (Wildman–Crippen MR) is 371 cm³/mol. The molecular formula is C71H108ClF3N12O13. The van der Waals surface area contributed by atoms with Gasteiger partial charge in [0.25, 0.3) is 0 Å². The predicted octanol–water partition coefficient (Wildman–Crippen LogP) is 4.79. The van der Waals surface area contributed by atoms with Crippen LogP contribution in [0.15, 0.2) is 48.5 Å². The van der Waals surface area contributed by atoms with E-state index in [0.29, 0.717) is 61.5 Å². The number of amides is 12. The van der Waals surface area contributed by atoms with Gasteiger partial charge in [-0.3, -0.25) is 57.5 Å². The van der Waals surface area contributed by atoms with Crippen molar-refractivity contribution < 1.29 is 75.4 Å². The molecule has 2 aromatic carbocycles. The van der Waals surface area contributed by atoms with E-state index in [1.54, 1.807) is 52.0 Å². The third-order valence-corrected chi connectivity index (χ3v) is 18.8. The second kappa shape index (κ2) is 39.4. The fourth-order valence-corrected chi connectivity index (χ4v) is 11.8. The normalized spacial score (nSPS) is 23.6. The van der Waals surface area contributed by atoms with Gasteiger partial charge in [0.2, 0.25) is 70.9 Å². The molecule has 558 valence electrons. The smallest absolute Gasteiger partial charge is 0.381 e. The van der Waals surface area contributed by atoms with Crippen molar-refractivity contribution >= 4 is 82.5 Å². The Hall–Kier alpha value is -7.88. The van der Waals surface area contributed by atoms with E-state index in [0.717, 1.165) is 41.5 Å². The molecule has 2 heterocycles. The van der Waals surface area contributed by atoms with Crippen LogP contribution in [0.3, 0.4) is 0 Å². The van der Waals surface area contributed by atoms with Gasteiger partial charge in [-0.1, -0.05) is 97.7 Å². The zero-order valence-corrected chi connectivity index (χ0v) is 61.9. The minimum absolute atomic E-state index is 0.0178. The molecule has 9 atom stereocenters. The summed E-state index contributed by atoms with van der Waals surface area (Å²) in [7, 11) is 9.39. The Labute approximate surface area is 592 Å². The Morgan fingerprint density at radius 1 is 0.560 bits per heavy atom. The van der Waals surface area contributed by atoms with Crippen LogP contribution in [0.25, 0.3) is 0 Å². The van der Waals surface area contributed by atoms with Crippen molar-refractivity contribution in [2.45, 2.75) is 187 Å². The van der Waals surface area contributed by atoms with E-state index in [-0.39, 0.29) is 62.9 Å². The van der Waals surface area contributed by atoms with Crippen LogP contribution >= 0.6 is 11.6 Å². The molecule has 2 fully saturated rings. The molecule has 2 aliphatic rings. The minimum atomic E-state index is -4.65. The maximum atomic E-state index is 15.4. The number of benzene rings is 2. The number of hydrogen-bond donors (Lipinski definition) is 4. The van der Waals surface area contributed by atoms with Crippen molar-refractivity contribution in [2.75, 3.05) is 95.3 Å². The highest BCUT2D eigenvalue weighted by molar-refractivity contribution is 6.30. The van der Waals surface area contributed by atoms with E-state index in [1.165, 1.54) is 78.2 Å². The summed E-state index contributed by atoms with van der Waals surface area (Å²) in [4.78, 5) is 185. The molecule has 25 nitrogen and oxygen atoms in total. The summed E-state index contributed by atoms with van der Waals surface area (Å²) < 4.78 is 47.1. The first-order valence-electron chi connectivity index (χ1n) is 34.5. The fourth-order valence-electron chi connectivity index (χ4n) is 11.7. The number of hydrogen-bond acceptors (Lipinski definition) is 13. The van der Waals surface area contributed by atoms with Crippen LogP contribution in [0.2, 0.25) is 5.02 Å². The zero-order chi connectivity index (χ0) is 75.2. The second-order valence-electron chi connectivity index (χ2n) is 28.0. The average Bonchev–Trinajstić information content (AvgIpc) is 0.875.